The predicted octanol–water partition coefficient (Wildman–Crippen LogP) is 12.6. The molecule has 5 nitrogen and oxygen atoms in total. The quantitative estimate of drug-likeness (QED) is 0.0994. The van der Waals surface area contributed by atoms with Gasteiger partial charge < -0.3 is 4.74 Å². The monoisotopic (exact) mass is 678 g/mol. The van der Waals surface area contributed by atoms with Gasteiger partial charge in [0.25, 0.3) is 0 Å². The summed E-state index contributed by atoms with van der Waals surface area (Å²) in [4.78, 5) is 4.63. The Morgan fingerprint density at radius 2 is 1.35 bits per heavy atom. The molecule has 2 aliphatic heterocycles. The molecule has 0 radical (unpaired) electrons. The molecule has 6 aromatic carbocycles. The molecule has 8 aromatic rings. The summed E-state index contributed by atoms with van der Waals surface area (Å²) >= 11 is 0. The zero-order chi connectivity index (χ0) is 37.7. The Balaban J connectivity index is 1.08. The van der Waals surface area contributed by atoms with Gasteiger partial charge in [0.1, 0.15) is 17.3 Å². The molecule has 0 bridgehead atoms. The van der Waals surface area contributed by atoms with E-state index in [1.165, 1.54) is 33.8 Å². The number of fused-ring (bicyclic) bond motifs is 7. The number of ether oxygens (including phenoxy) is 1. The number of para-hydroxylation sites is 3. The van der Waals surface area contributed by atoms with Crippen LogP contribution in [0, 0.1) is 13.5 Å². The van der Waals surface area contributed by atoms with Gasteiger partial charge in [0.2, 0.25) is 11.4 Å². The van der Waals surface area contributed by atoms with E-state index in [1.54, 1.807) is 18.3 Å². The fourth-order valence-electron chi connectivity index (χ4n) is 8.48. The number of rotatable bonds is 6. The second kappa shape index (κ2) is 11.0. The molecule has 0 amide bonds. The summed E-state index contributed by atoms with van der Waals surface area (Å²) in [5.41, 5.74) is 10.7. The fourth-order valence-corrected chi connectivity index (χ4v) is 8.48. The van der Waals surface area contributed by atoms with Crippen molar-refractivity contribution < 1.29 is 8.85 Å². The highest BCUT2D eigenvalue weighted by Gasteiger charge is 2.78. The van der Waals surface area contributed by atoms with Crippen molar-refractivity contribution in [1.82, 2.24) is 18.7 Å². The number of hydrogen-bond donors (Lipinski definition) is 0. The van der Waals surface area contributed by atoms with Crippen LogP contribution in [0.5, 0.6) is 11.5 Å². The largest absolute Gasteiger partial charge is 0.457 e. The first-order chi connectivity index (χ1) is 26.5. The summed E-state index contributed by atoms with van der Waals surface area (Å²) in [6.45, 7) is 7.04. The number of pyridine rings is 1. The van der Waals surface area contributed by atoms with Gasteiger partial charge in [0.05, 0.1) is 11.0 Å². The zero-order valence-corrected chi connectivity index (χ0v) is 29.3. The van der Waals surface area contributed by atoms with Crippen molar-refractivity contribution in [3.63, 3.8) is 0 Å². The van der Waals surface area contributed by atoms with Gasteiger partial charge >= 0.3 is 0 Å². The zero-order valence-electron chi connectivity index (χ0n) is 32.3. The molecular formula is C47H39N4O+. The second-order valence-corrected chi connectivity index (χ2v) is 14.8. The van der Waals surface area contributed by atoms with Gasteiger partial charge in [-0.2, -0.15) is 9.18 Å². The Morgan fingerprint density at radius 3 is 2.17 bits per heavy atom. The Kier molecular flexibility index (Phi) is 5.85. The molecule has 1 saturated heterocycles. The molecule has 0 N–H and O–H groups in total. The lowest BCUT2D eigenvalue weighted by atomic mass is 9.80. The van der Waals surface area contributed by atoms with E-state index >= 15 is 0 Å². The van der Waals surface area contributed by atoms with Crippen LogP contribution in [0.25, 0.3) is 38.8 Å². The van der Waals surface area contributed by atoms with Gasteiger partial charge in [0.15, 0.2) is 18.0 Å². The maximum absolute atomic E-state index is 8.02. The van der Waals surface area contributed by atoms with Crippen molar-refractivity contribution in [2.24, 2.45) is 0 Å². The molecule has 2 aliphatic rings. The maximum atomic E-state index is 8.02. The van der Waals surface area contributed by atoms with Crippen molar-refractivity contribution in [2.45, 2.75) is 33.0 Å². The molecule has 4 heterocycles. The van der Waals surface area contributed by atoms with E-state index in [0.29, 0.717) is 20.8 Å². The molecule has 2 atom stereocenters. The summed E-state index contributed by atoms with van der Waals surface area (Å²) in [6.07, 6.45) is 1.56. The minimum atomic E-state index is -2.25. The van der Waals surface area contributed by atoms with E-state index in [0.717, 1.165) is 33.2 Å². The molecule has 0 aliphatic carbocycles. The minimum absolute atomic E-state index is 0.0650. The smallest absolute Gasteiger partial charge is 0.225 e. The van der Waals surface area contributed by atoms with E-state index in [1.807, 2.05) is 41.0 Å². The number of aryl methyl sites for hydroxylation is 1. The Hall–Kier alpha value is -6.01. The molecule has 2 aromatic heterocycles. The highest BCUT2D eigenvalue weighted by Crippen LogP contribution is 2.76. The van der Waals surface area contributed by atoms with Crippen LogP contribution in [-0.2, 0) is 5.41 Å². The third kappa shape index (κ3) is 4.27. The van der Waals surface area contributed by atoms with Gasteiger partial charge in [-0.3, -0.25) is 4.57 Å². The molecule has 1 fully saturated rings. The van der Waals surface area contributed by atoms with Crippen LogP contribution in [0.4, 0.5) is 22.7 Å². The van der Waals surface area contributed by atoms with Crippen LogP contribution in [-0.4, -0.2) is 9.55 Å². The average Bonchev–Trinajstić information content (AvgIpc) is 3.67. The van der Waals surface area contributed by atoms with Crippen molar-refractivity contribution in [3.05, 3.63) is 176 Å². The lowest BCUT2D eigenvalue weighted by Crippen LogP contribution is -2.46. The second-order valence-electron chi connectivity index (χ2n) is 14.8. The Morgan fingerprint density at radius 1 is 0.635 bits per heavy atom. The topological polar surface area (TPSA) is 27.1 Å². The van der Waals surface area contributed by atoms with E-state index in [-0.39, 0.29) is 11.0 Å². The molecule has 52 heavy (non-hydrogen) atoms. The SMILES string of the molecule is [2H]C([2H])([2H])c1ccnc(-n2c3ccccc3c3ccc(Oc4cccc([N+]56[CH-][N@+]5(c5cccc(C(C)(C)C)c5-c5ccccc5)c5ccccc56)c4)cc32)c1. The minimum Gasteiger partial charge on any atom is -0.457 e. The van der Waals surface area contributed by atoms with Gasteiger partial charge in [0, 0.05) is 63.0 Å². The van der Waals surface area contributed by atoms with E-state index < -0.39 is 6.85 Å². The van der Waals surface area contributed by atoms with Gasteiger partial charge in [-0.1, -0.05) is 99.6 Å². The first-order valence-corrected chi connectivity index (χ1v) is 17.7. The van der Waals surface area contributed by atoms with Crippen LogP contribution in [0.3, 0.4) is 0 Å². The van der Waals surface area contributed by atoms with Crippen molar-refractivity contribution in [2.75, 3.05) is 0 Å². The third-order valence-electron chi connectivity index (χ3n) is 10.7. The molecule has 252 valence electrons. The standard InChI is InChI=1S/C47H39N4O/c1-32-26-27-48-45(28-32)49-40-20-9-8-18-37(40)38-25-24-36(30-41(38)49)52-35-17-12-16-34(29-35)50-31-51(50,43-22-11-10-21-42(43)50)44-23-13-19-39(47(2,3)4)46(44)33-14-6-5-7-15-33/h5-31H,1-4H3/q+1/t50?,51-/m1/s1/i1D3. The summed E-state index contributed by atoms with van der Waals surface area (Å²) in [5, 5.41) is 2.08. The van der Waals surface area contributed by atoms with Gasteiger partial charge in [-0.05, 0) is 65.4 Å². The molecule has 5 heteroatoms. The van der Waals surface area contributed by atoms with Gasteiger partial charge in [-0.25, -0.2) is 4.98 Å². The highest BCUT2D eigenvalue weighted by atomic mass is 16.5. The Labute approximate surface area is 308 Å². The summed E-state index contributed by atoms with van der Waals surface area (Å²) in [5.74, 6) is 1.94. The molecule has 10 rings (SSSR count). The van der Waals surface area contributed by atoms with Crippen molar-refractivity contribution in [3.8, 4) is 28.4 Å². The van der Waals surface area contributed by atoms with Crippen molar-refractivity contribution >= 4 is 44.6 Å². The van der Waals surface area contributed by atoms with Crippen LogP contribution in [0.2, 0.25) is 0 Å². The normalized spacial score (nSPS) is 19.9. The number of aromatic nitrogens is 2. The fraction of sp³-hybridized carbons (Fsp3) is 0.106. The predicted molar refractivity (Wildman–Crippen MR) is 214 cm³/mol. The molecule has 0 spiro atoms. The highest BCUT2D eigenvalue weighted by molar-refractivity contribution is 6.09. The number of hydrogen-bond acceptors (Lipinski definition) is 2. The van der Waals surface area contributed by atoms with E-state index in [4.69, 9.17) is 8.85 Å². The summed E-state index contributed by atoms with van der Waals surface area (Å²) in [6, 6.07) is 52.1. The molecule has 1 unspecified atom stereocenters. The van der Waals surface area contributed by atoms with Crippen LogP contribution < -0.4 is 13.9 Å². The van der Waals surface area contributed by atoms with E-state index in [9.17, 15) is 0 Å². The third-order valence-corrected chi connectivity index (χ3v) is 10.7. The van der Waals surface area contributed by atoms with E-state index in [2.05, 4.69) is 136 Å². The number of quaternary nitrogens is 2. The first kappa shape index (κ1) is 27.7. The maximum Gasteiger partial charge on any atom is 0.225 e. The molecular weight excluding hydrogens is 637 g/mol. The van der Waals surface area contributed by atoms with Crippen LogP contribution in [0.1, 0.15) is 36.0 Å². The number of nitrogens with zero attached hydrogens (tertiary/aromatic N) is 4. The van der Waals surface area contributed by atoms with Gasteiger partial charge in [-0.15, -0.1) is 0 Å². The Bertz CT molecular complexity index is 2820. The first-order valence-electron chi connectivity index (χ1n) is 19.2. The van der Waals surface area contributed by atoms with Crippen LogP contribution in [0.15, 0.2) is 158 Å². The molecule has 0 saturated carbocycles. The number of benzene rings is 6. The lowest BCUT2D eigenvalue weighted by Gasteiger charge is -2.41. The summed E-state index contributed by atoms with van der Waals surface area (Å²) < 4.78 is 33.9. The van der Waals surface area contributed by atoms with Crippen molar-refractivity contribution in [1.29, 1.82) is 0 Å². The lowest BCUT2D eigenvalue weighted by molar-refractivity contribution is 0.424. The summed E-state index contributed by atoms with van der Waals surface area (Å²) in [7, 11) is 0. The van der Waals surface area contributed by atoms with Crippen LogP contribution >= 0.6 is 0 Å². The average molecular weight is 679 g/mol.